The number of carbonyl (C=O) groups excluding carboxylic acids is 1. The van der Waals surface area contributed by atoms with E-state index in [1.165, 1.54) is 18.2 Å². The van der Waals surface area contributed by atoms with Gasteiger partial charge in [-0.3, -0.25) is 9.10 Å². The van der Waals surface area contributed by atoms with E-state index in [0.29, 0.717) is 16.4 Å². The molecule has 30 heavy (non-hydrogen) atoms. The number of hydrogen-bond acceptors (Lipinski definition) is 3. The summed E-state index contributed by atoms with van der Waals surface area (Å²) in [6, 6.07) is 18.6. The van der Waals surface area contributed by atoms with Gasteiger partial charge in [-0.1, -0.05) is 41.4 Å². The lowest BCUT2D eigenvalue weighted by Gasteiger charge is -2.24. The zero-order chi connectivity index (χ0) is 21.9. The quantitative estimate of drug-likeness (QED) is 0.577. The Balaban J connectivity index is 1.95. The molecule has 0 aliphatic heterocycles. The van der Waals surface area contributed by atoms with Crippen LogP contribution in [0.4, 0.5) is 11.4 Å². The van der Waals surface area contributed by atoms with Crippen molar-refractivity contribution in [2.75, 3.05) is 16.2 Å². The molecule has 0 aromatic heterocycles. The second kappa shape index (κ2) is 8.90. The standard InChI is InChI=1S/C23H23ClN2O3S/c1-16-7-9-22(10-8-16)30(28,29)26(21-6-4-5-19(24)14-21)15-23(27)25-20-12-17(2)11-18(3)13-20/h4-14H,15H2,1-3H3,(H,25,27). The summed E-state index contributed by atoms with van der Waals surface area (Å²) in [4.78, 5) is 12.9. The molecule has 3 rings (SSSR count). The van der Waals surface area contributed by atoms with Crippen molar-refractivity contribution in [1.29, 1.82) is 0 Å². The molecule has 0 saturated heterocycles. The fourth-order valence-electron chi connectivity index (χ4n) is 3.16. The summed E-state index contributed by atoms with van der Waals surface area (Å²) < 4.78 is 27.8. The molecule has 7 heteroatoms. The molecular formula is C23H23ClN2O3S. The van der Waals surface area contributed by atoms with E-state index in [-0.39, 0.29) is 11.4 Å². The highest BCUT2D eigenvalue weighted by Gasteiger charge is 2.27. The summed E-state index contributed by atoms with van der Waals surface area (Å²) >= 11 is 6.08. The lowest BCUT2D eigenvalue weighted by molar-refractivity contribution is -0.114. The van der Waals surface area contributed by atoms with Crippen molar-refractivity contribution in [2.45, 2.75) is 25.7 Å². The molecule has 1 amide bonds. The van der Waals surface area contributed by atoms with E-state index in [9.17, 15) is 13.2 Å². The minimum atomic E-state index is -3.98. The number of sulfonamides is 1. The van der Waals surface area contributed by atoms with Crippen LogP contribution in [-0.4, -0.2) is 20.9 Å². The monoisotopic (exact) mass is 442 g/mol. The second-order valence-electron chi connectivity index (χ2n) is 7.23. The van der Waals surface area contributed by atoms with Gasteiger partial charge in [-0.05, 0) is 74.4 Å². The number of aryl methyl sites for hydroxylation is 3. The van der Waals surface area contributed by atoms with E-state index < -0.39 is 15.9 Å². The summed E-state index contributed by atoms with van der Waals surface area (Å²) in [5.74, 6) is -0.448. The van der Waals surface area contributed by atoms with E-state index in [1.807, 2.05) is 39.0 Å². The molecule has 0 spiro atoms. The van der Waals surface area contributed by atoms with E-state index in [0.717, 1.165) is 21.0 Å². The first-order valence-corrected chi connectivity index (χ1v) is 11.2. The van der Waals surface area contributed by atoms with Crippen molar-refractivity contribution in [3.8, 4) is 0 Å². The topological polar surface area (TPSA) is 66.5 Å². The highest BCUT2D eigenvalue weighted by molar-refractivity contribution is 7.92. The summed E-state index contributed by atoms with van der Waals surface area (Å²) in [5.41, 5.74) is 3.89. The van der Waals surface area contributed by atoms with Gasteiger partial charge in [0.2, 0.25) is 5.91 Å². The fraction of sp³-hybridized carbons (Fsp3) is 0.174. The number of nitrogens with one attached hydrogen (secondary N) is 1. The third kappa shape index (κ3) is 5.20. The maximum absolute atomic E-state index is 13.4. The lowest BCUT2D eigenvalue weighted by Crippen LogP contribution is -2.38. The highest BCUT2D eigenvalue weighted by atomic mass is 35.5. The predicted octanol–water partition coefficient (Wildman–Crippen LogP) is 5.10. The SMILES string of the molecule is Cc1ccc(S(=O)(=O)N(CC(=O)Nc2cc(C)cc(C)c2)c2cccc(Cl)c2)cc1. The van der Waals surface area contributed by atoms with Crippen LogP contribution in [0.25, 0.3) is 0 Å². The average Bonchev–Trinajstić information content (AvgIpc) is 2.65. The van der Waals surface area contributed by atoms with Crippen LogP contribution < -0.4 is 9.62 Å². The van der Waals surface area contributed by atoms with Crippen molar-refractivity contribution in [3.05, 3.63) is 88.4 Å². The normalized spacial score (nSPS) is 11.2. The van der Waals surface area contributed by atoms with E-state index in [4.69, 9.17) is 11.6 Å². The first kappa shape index (κ1) is 21.9. The Labute approximate surface area is 182 Å². The summed E-state index contributed by atoms with van der Waals surface area (Å²) in [5, 5.41) is 3.17. The Morgan fingerprint density at radius 3 is 2.13 bits per heavy atom. The van der Waals surface area contributed by atoms with Gasteiger partial charge in [-0.2, -0.15) is 0 Å². The van der Waals surface area contributed by atoms with Gasteiger partial charge in [0, 0.05) is 10.7 Å². The largest absolute Gasteiger partial charge is 0.324 e. The van der Waals surface area contributed by atoms with Crippen LogP contribution in [0.5, 0.6) is 0 Å². The Bertz CT molecular complexity index is 1160. The zero-order valence-corrected chi connectivity index (χ0v) is 18.6. The minimum absolute atomic E-state index is 0.104. The van der Waals surface area contributed by atoms with Crippen LogP contribution in [-0.2, 0) is 14.8 Å². The summed E-state index contributed by atoms with van der Waals surface area (Å²) in [6.45, 7) is 5.36. The van der Waals surface area contributed by atoms with Crippen LogP contribution in [0.1, 0.15) is 16.7 Å². The van der Waals surface area contributed by atoms with E-state index >= 15 is 0 Å². The number of benzene rings is 3. The third-order valence-electron chi connectivity index (χ3n) is 4.50. The molecule has 5 nitrogen and oxygen atoms in total. The molecule has 0 aliphatic carbocycles. The first-order chi connectivity index (χ1) is 14.1. The molecule has 0 atom stereocenters. The Hall–Kier alpha value is -2.83. The molecule has 0 fully saturated rings. The van der Waals surface area contributed by atoms with Crippen LogP contribution in [0.15, 0.2) is 71.6 Å². The maximum atomic E-state index is 13.4. The molecule has 0 bridgehead atoms. The van der Waals surface area contributed by atoms with Crippen molar-refractivity contribution >= 4 is 38.9 Å². The van der Waals surface area contributed by atoms with Gasteiger partial charge in [0.15, 0.2) is 0 Å². The van der Waals surface area contributed by atoms with Crippen LogP contribution >= 0.6 is 11.6 Å². The molecule has 1 N–H and O–H groups in total. The predicted molar refractivity (Wildman–Crippen MR) is 122 cm³/mol. The first-order valence-electron chi connectivity index (χ1n) is 9.38. The van der Waals surface area contributed by atoms with Gasteiger partial charge < -0.3 is 5.32 Å². The van der Waals surface area contributed by atoms with Crippen LogP contribution in [0.2, 0.25) is 5.02 Å². The van der Waals surface area contributed by atoms with Gasteiger partial charge in [0.1, 0.15) is 6.54 Å². The highest BCUT2D eigenvalue weighted by Crippen LogP contribution is 2.26. The van der Waals surface area contributed by atoms with Crippen molar-refractivity contribution < 1.29 is 13.2 Å². The Kier molecular flexibility index (Phi) is 6.48. The molecule has 0 aliphatic rings. The number of nitrogens with zero attached hydrogens (tertiary/aromatic N) is 1. The van der Waals surface area contributed by atoms with Gasteiger partial charge >= 0.3 is 0 Å². The lowest BCUT2D eigenvalue weighted by atomic mass is 10.1. The number of amides is 1. The zero-order valence-electron chi connectivity index (χ0n) is 17.0. The van der Waals surface area contributed by atoms with Gasteiger partial charge in [0.25, 0.3) is 10.0 Å². The molecule has 3 aromatic carbocycles. The molecule has 0 saturated carbocycles. The number of halogens is 1. The Morgan fingerprint density at radius 2 is 1.53 bits per heavy atom. The third-order valence-corrected chi connectivity index (χ3v) is 6.52. The fourth-order valence-corrected chi connectivity index (χ4v) is 4.76. The van der Waals surface area contributed by atoms with Gasteiger partial charge in [0.05, 0.1) is 10.6 Å². The molecule has 0 heterocycles. The van der Waals surface area contributed by atoms with Crippen molar-refractivity contribution in [1.82, 2.24) is 0 Å². The average molecular weight is 443 g/mol. The molecule has 3 aromatic rings. The van der Waals surface area contributed by atoms with Crippen LogP contribution in [0, 0.1) is 20.8 Å². The molecule has 0 radical (unpaired) electrons. The van der Waals surface area contributed by atoms with Crippen LogP contribution in [0.3, 0.4) is 0 Å². The van der Waals surface area contributed by atoms with E-state index in [1.54, 1.807) is 30.3 Å². The minimum Gasteiger partial charge on any atom is -0.324 e. The Morgan fingerprint density at radius 1 is 0.900 bits per heavy atom. The van der Waals surface area contributed by atoms with Crippen molar-refractivity contribution in [2.24, 2.45) is 0 Å². The number of rotatable bonds is 6. The molecular weight excluding hydrogens is 420 g/mol. The van der Waals surface area contributed by atoms with Gasteiger partial charge in [-0.15, -0.1) is 0 Å². The van der Waals surface area contributed by atoms with E-state index in [2.05, 4.69) is 5.32 Å². The number of carbonyl (C=O) groups is 1. The smallest absolute Gasteiger partial charge is 0.264 e. The molecule has 0 unspecified atom stereocenters. The number of anilines is 2. The summed E-state index contributed by atoms with van der Waals surface area (Å²) in [7, 11) is -3.98. The number of hydrogen-bond donors (Lipinski definition) is 1. The maximum Gasteiger partial charge on any atom is 0.264 e. The molecule has 156 valence electrons. The van der Waals surface area contributed by atoms with Crippen molar-refractivity contribution in [3.63, 3.8) is 0 Å². The summed E-state index contributed by atoms with van der Waals surface area (Å²) in [6.07, 6.45) is 0. The second-order valence-corrected chi connectivity index (χ2v) is 9.53. The van der Waals surface area contributed by atoms with Gasteiger partial charge in [-0.25, -0.2) is 8.42 Å².